The van der Waals surface area contributed by atoms with Crippen molar-refractivity contribution in [1.82, 2.24) is 5.32 Å². The average molecular weight is 259 g/mol. The average Bonchev–Trinajstić information content (AvgIpc) is 2.24. The van der Waals surface area contributed by atoms with E-state index in [1.165, 1.54) is 7.11 Å². The molecule has 1 unspecified atom stereocenters. The van der Waals surface area contributed by atoms with Crippen LogP contribution < -0.4 is 5.32 Å². The minimum Gasteiger partial charge on any atom is -0.467 e. The monoisotopic (exact) mass is 259 g/mol. The fourth-order valence-corrected chi connectivity index (χ4v) is 1.25. The molecule has 0 saturated carbocycles. The quantitative estimate of drug-likeness (QED) is 0.443. The van der Waals surface area contributed by atoms with E-state index in [1.807, 2.05) is 0 Å². The smallest absolute Gasteiger partial charge is 0.408 e. The van der Waals surface area contributed by atoms with Gasteiger partial charge in [-0.05, 0) is 33.6 Å². The van der Waals surface area contributed by atoms with Crippen molar-refractivity contribution in [2.45, 2.75) is 51.7 Å². The predicted molar refractivity (Wildman–Crippen MR) is 65.1 cm³/mol. The molecule has 0 fully saturated rings. The van der Waals surface area contributed by atoms with E-state index >= 15 is 0 Å². The molecule has 0 aromatic carbocycles. The Morgan fingerprint density at radius 1 is 1.33 bits per heavy atom. The normalized spacial score (nSPS) is 12.4. The predicted octanol–water partition coefficient (Wildman–Crippen LogP) is 1.42. The van der Waals surface area contributed by atoms with Crippen molar-refractivity contribution < 1.29 is 23.9 Å². The highest BCUT2D eigenvalue weighted by Crippen LogP contribution is 2.08. The minimum atomic E-state index is -0.787. The topological polar surface area (TPSA) is 81.7 Å². The summed E-state index contributed by atoms with van der Waals surface area (Å²) in [6.45, 7) is 5.18. The van der Waals surface area contributed by atoms with Crippen LogP contribution >= 0.6 is 0 Å². The standard InChI is InChI=1S/C12H21NO5/c1-12(2,3)18-11(16)13-9(10(15)17-4)7-5-6-8-14/h8-9H,5-7H2,1-4H3,(H,13,16). The second-order valence-electron chi connectivity index (χ2n) is 4.82. The molecule has 6 heteroatoms. The van der Waals surface area contributed by atoms with Gasteiger partial charge in [0.1, 0.15) is 17.9 Å². The summed E-state index contributed by atoms with van der Waals surface area (Å²) >= 11 is 0. The third kappa shape index (κ3) is 7.65. The Kier molecular flexibility index (Phi) is 7.00. The van der Waals surface area contributed by atoms with Gasteiger partial charge < -0.3 is 19.6 Å². The summed E-state index contributed by atoms with van der Waals surface area (Å²) in [5.74, 6) is -0.549. The summed E-state index contributed by atoms with van der Waals surface area (Å²) in [7, 11) is 1.24. The summed E-state index contributed by atoms with van der Waals surface area (Å²) < 4.78 is 9.62. The van der Waals surface area contributed by atoms with E-state index in [0.717, 1.165) is 6.29 Å². The van der Waals surface area contributed by atoms with Crippen LogP contribution in [0.5, 0.6) is 0 Å². The van der Waals surface area contributed by atoms with Gasteiger partial charge in [0, 0.05) is 6.42 Å². The number of hydrogen-bond acceptors (Lipinski definition) is 5. The summed E-state index contributed by atoms with van der Waals surface area (Å²) in [6, 6.07) is -0.787. The molecule has 0 saturated heterocycles. The van der Waals surface area contributed by atoms with E-state index in [4.69, 9.17) is 4.74 Å². The number of carbonyl (C=O) groups excluding carboxylic acids is 3. The third-order valence-electron chi connectivity index (χ3n) is 1.99. The van der Waals surface area contributed by atoms with Crippen LogP contribution in [-0.4, -0.2) is 37.1 Å². The molecule has 0 aliphatic carbocycles. The van der Waals surface area contributed by atoms with Crippen LogP contribution in [0.25, 0.3) is 0 Å². The first-order valence-corrected chi connectivity index (χ1v) is 5.81. The number of methoxy groups -OCH3 is 1. The fraction of sp³-hybridized carbons (Fsp3) is 0.750. The number of aldehydes is 1. The highest BCUT2D eigenvalue weighted by Gasteiger charge is 2.24. The van der Waals surface area contributed by atoms with Gasteiger partial charge >= 0.3 is 12.1 Å². The maximum atomic E-state index is 11.5. The number of ether oxygens (including phenoxy) is 2. The third-order valence-corrected chi connectivity index (χ3v) is 1.99. The Labute approximate surface area is 107 Å². The van der Waals surface area contributed by atoms with Crippen molar-refractivity contribution in [1.29, 1.82) is 0 Å². The van der Waals surface area contributed by atoms with E-state index in [0.29, 0.717) is 19.3 Å². The molecule has 0 spiro atoms. The molecule has 0 aromatic heterocycles. The summed E-state index contributed by atoms with van der Waals surface area (Å²) in [5.41, 5.74) is -0.631. The number of hydrogen-bond donors (Lipinski definition) is 1. The number of nitrogens with one attached hydrogen (secondary N) is 1. The SMILES string of the molecule is COC(=O)C(CCCC=O)NC(=O)OC(C)(C)C. The summed E-state index contributed by atoms with van der Waals surface area (Å²) in [5, 5.41) is 2.43. The molecule has 1 atom stereocenters. The molecule has 0 rings (SSSR count). The molecule has 0 aromatic rings. The van der Waals surface area contributed by atoms with E-state index in [9.17, 15) is 14.4 Å². The van der Waals surface area contributed by atoms with Crippen molar-refractivity contribution in [2.75, 3.05) is 7.11 Å². The summed E-state index contributed by atoms with van der Waals surface area (Å²) in [4.78, 5) is 33.1. The zero-order valence-electron chi connectivity index (χ0n) is 11.3. The molecule has 0 radical (unpaired) electrons. The second kappa shape index (κ2) is 7.68. The van der Waals surface area contributed by atoms with Crippen LogP contribution in [0.3, 0.4) is 0 Å². The van der Waals surface area contributed by atoms with Crippen molar-refractivity contribution in [3.05, 3.63) is 0 Å². The molecule has 18 heavy (non-hydrogen) atoms. The number of rotatable bonds is 6. The highest BCUT2D eigenvalue weighted by molar-refractivity contribution is 5.81. The minimum absolute atomic E-state index is 0.337. The molecular weight excluding hydrogens is 238 g/mol. The van der Waals surface area contributed by atoms with Crippen LogP contribution in [0.1, 0.15) is 40.0 Å². The molecule has 104 valence electrons. The van der Waals surface area contributed by atoms with Gasteiger partial charge in [-0.1, -0.05) is 0 Å². The molecule has 0 bridgehead atoms. The first-order chi connectivity index (χ1) is 8.30. The van der Waals surface area contributed by atoms with Gasteiger partial charge in [-0.25, -0.2) is 9.59 Å². The number of carbonyl (C=O) groups is 3. The Morgan fingerprint density at radius 3 is 2.39 bits per heavy atom. The van der Waals surface area contributed by atoms with Gasteiger partial charge in [0.15, 0.2) is 0 Å². The van der Waals surface area contributed by atoms with Gasteiger partial charge in [-0.3, -0.25) is 0 Å². The van der Waals surface area contributed by atoms with Crippen LogP contribution in [0.15, 0.2) is 0 Å². The molecule has 6 nitrogen and oxygen atoms in total. The van der Waals surface area contributed by atoms with E-state index in [2.05, 4.69) is 10.1 Å². The zero-order chi connectivity index (χ0) is 14.2. The molecule has 0 aliphatic heterocycles. The van der Waals surface area contributed by atoms with Gasteiger partial charge in [0.2, 0.25) is 0 Å². The molecule has 0 heterocycles. The lowest BCUT2D eigenvalue weighted by Gasteiger charge is -2.22. The van der Waals surface area contributed by atoms with Crippen LogP contribution in [0, 0.1) is 0 Å². The van der Waals surface area contributed by atoms with Gasteiger partial charge in [0.05, 0.1) is 7.11 Å². The molecule has 1 N–H and O–H groups in total. The van der Waals surface area contributed by atoms with Crippen molar-refractivity contribution >= 4 is 18.3 Å². The first-order valence-electron chi connectivity index (χ1n) is 5.81. The number of alkyl carbamates (subject to hydrolysis) is 1. The Bertz CT molecular complexity index is 295. The lowest BCUT2D eigenvalue weighted by Crippen LogP contribution is -2.44. The van der Waals surface area contributed by atoms with Crippen molar-refractivity contribution in [3.8, 4) is 0 Å². The van der Waals surface area contributed by atoms with E-state index in [-0.39, 0.29) is 0 Å². The van der Waals surface area contributed by atoms with Gasteiger partial charge in [-0.15, -0.1) is 0 Å². The largest absolute Gasteiger partial charge is 0.467 e. The van der Waals surface area contributed by atoms with E-state index < -0.39 is 23.7 Å². The lowest BCUT2D eigenvalue weighted by molar-refractivity contribution is -0.143. The molecule has 1 amide bonds. The molecule has 0 aliphatic rings. The van der Waals surface area contributed by atoms with Crippen LogP contribution in [-0.2, 0) is 19.1 Å². The maximum Gasteiger partial charge on any atom is 0.408 e. The fourth-order valence-electron chi connectivity index (χ4n) is 1.25. The van der Waals surface area contributed by atoms with Crippen molar-refractivity contribution in [3.63, 3.8) is 0 Å². The van der Waals surface area contributed by atoms with Gasteiger partial charge in [0.25, 0.3) is 0 Å². The zero-order valence-corrected chi connectivity index (χ0v) is 11.3. The van der Waals surface area contributed by atoms with E-state index in [1.54, 1.807) is 20.8 Å². The number of unbranched alkanes of at least 4 members (excludes halogenated alkanes) is 1. The Balaban J connectivity index is 4.35. The van der Waals surface area contributed by atoms with Crippen LogP contribution in [0.4, 0.5) is 4.79 Å². The highest BCUT2D eigenvalue weighted by atomic mass is 16.6. The Hall–Kier alpha value is -1.59. The first kappa shape index (κ1) is 16.4. The number of esters is 1. The molecular formula is C12H21NO5. The summed E-state index contributed by atoms with van der Waals surface area (Å²) in [6.07, 6.45) is 1.26. The second-order valence-corrected chi connectivity index (χ2v) is 4.82. The maximum absolute atomic E-state index is 11.5. The Morgan fingerprint density at radius 2 is 1.94 bits per heavy atom. The van der Waals surface area contributed by atoms with Crippen LogP contribution in [0.2, 0.25) is 0 Å². The number of amides is 1. The van der Waals surface area contributed by atoms with Gasteiger partial charge in [-0.2, -0.15) is 0 Å². The lowest BCUT2D eigenvalue weighted by atomic mass is 10.1. The van der Waals surface area contributed by atoms with Crippen molar-refractivity contribution in [2.24, 2.45) is 0 Å².